The molecule has 4 heteroatoms. The first-order valence-corrected chi connectivity index (χ1v) is 17.7. The van der Waals surface area contributed by atoms with Crippen LogP contribution in [-0.4, -0.2) is 23.1 Å². The molecule has 0 saturated carbocycles. The van der Waals surface area contributed by atoms with Crippen LogP contribution in [0, 0.1) is 0 Å². The summed E-state index contributed by atoms with van der Waals surface area (Å²) >= 11 is 0. The van der Waals surface area contributed by atoms with Crippen LogP contribution < -0.4 is 0 Å². The van der Waals surface area contributed by atoms with Gasteiger partial charge >= 0.3 is 11.9 Å². The Morgan fingerprint density at radius 1 is 0.525 bits per heavy atom. The number of carbonyl (C=O) groups is 2. The van der Waals surface area contributed by atoms with E-state index in [0.717, 1.165) is 44.9 Å². The minimum atomic E-state index is -0.665. The number of carbonyl (C=O) groups excluding carboxylic acids is 1. The number of unbranched alkanes of at least 4 members (excludes halogenated alkanes) is 21. The molecule has 0 aromatic carbocycles. The van der Waals surface area contributed by atoms with Gasteiger partial charge in [0.15, 0.2) is 0 Å². The SMILES string of the molecule is CCCC/C=C\CCCCCCCC(=O)OC(CCC)CCCCCCCCCCCCCCCCCC(=O)O. The second kappa shape index (κ2) is 32.2. The summed E-state index contributed by atoms with van der Waals surface area (Å²) in [6.07, 6.45) is 38.6. The number of aliphatic carboxylic acids is 1. The van der Waals surface area contributed by atoms with E-state index < -0.39 is 5.97 Å². The summed E-state index contributed by atoms with van der Waals surface area (Å²) < 4.78 is 5.85. The monoisotopic (exact) mass is 565 g/mol. The maximum Gasteiger partial charge on any atom is 0.306 e. The van der Waals surface area contributed by atoms with Crippen molar-refractivity contribution in [3.63, 3.8) is 0 Å². The lowest BCUT2D eigenvalue weighted by Gasteiger charge is -2.17. The van der Waals surface area contributed by atoms with Gasteiger partial charge in [0.05, 0.1) is 0 Å². The summed E-state index contributed by atoms with van der Waals surface area (Å²) in [6.45, 7) is 4.42. The van der Waals surface area contributed by atoms with Crippen molar-refractivity contribution in [2.75, 3.05) is 0 Å². The van der Waals surface area contributed by atoms with Crippen LogP contribution in [0.1, 0.15) is 200 Å². The van der Waals surface area contributed by atoms with Gasteiger partial charge < -0.3 is 9.84 Å². The molecule has 0 amide bonds. The molecule has 0 saturated heterocycles. The molecule has 40 heavy (non-hydrogen) atoms. The Hall–Kier alpha value is -1.32. The lowest BCUT2D eigenvalue weighted by atomic mass is 10.0. The first-order valence-electron chi connectivity index (χ1n) is 17.7. The molecule has 4 nitrogen and oxygen atoms in total. The van der Waals surface area contributed by atoms with Crippen molar-refractivity contribution in [1.82, 2.24) is 0 Å². The first-order chi connectivity index (χ1) is 19.6. The number of ether oxygens (including phenoxy) is 1. The maximum absolute atomic E-state index is 12.3. The Bertz CT molecular complexity index is 571. The van der Waals surface area contributed by atoms with Gasteiger partial charge in [0.25, 0.3) is 0 Å². The van der Waals surface area contributed by atoms with Gasteiger partial charge in [-0.1, -0.05) is 148 Å². The number of allylic oxidation sites excluding steroid dienone is 2. The highest BCUT2D eigenvalue weighted by Crippen LogP contribution is 2.17. The minimum Gasteiger partial charge on any atom is -0.481 e. The molecule has 0 aromatic heterocycles. The van der Waals surface area contributed by atoms with Gasteiger partial charge in [-0.15, -0.1) is 0 Å². The molecule has 1 atom stereocenters. The van der Waals surface area contributed by atoms with Crippen LogP contribution in [0.4, 0.5) is 0 Å². The van der Waals surface area contributed by atoms with Crippen molar-refractivity contribution in [2.24, 2.45) is 0 Å². The highest BCUT2D eigenvalue weighted by Gasteiger charge is 2.13. The molecule has 0 rings (SSSR count). The van der Waals surface area contributed by atoms with Gasteiger partial charge in [-0.2, -0.15) is 0 Å². The third-order valence-corrected chi connectivity index (χ3v) is 7.97. The number of hydrogen-bond acceptors (Lipinski definition) is 3. The smallest absolute Gasteiger partial charge is 0.306 e. The molecule has 0 heterocycles. The van der Waals surface area contributed by atoms with E-state index in [1.165, 1.54) is 128 Å². The number of carboxylic acids is 1. The van der Waals surface area contributed by atoms with Gasteiger partial charge in [-0.3, -0.25) is 9.59 Å². The van der Waals surface area contributed by atoms with Crippen molar-refractivity contribution in [1.29, 1.82) is 0 Å². The van der Waals surface area contributed by atoms with Crippen LogP contribution in [0.25, 0.3) is 0 Å². The van der Waals surface area contributed by atoms with Crippen molar-refractivity contribution in [3.8, 4) is 0 Å². The van der Waals surface area contributed by atoms with E-state index in [0.29, 0.717) is 12.8 Å². The Balaban J connectivity index is 3.52. The predicted octanol–water partition coefficient (Wildman–Crippen LogP) is 11.9. The number of carboxylic acid groups (broad SMARTS) is 1. The van der Waals surface area contributed by atoms with Crippen LogP contribution in [0.2, 0.25) is 0 Å². The van der Waals surface area contributed by atoms with Gasteiger partial charge in [0.1, 0.15) is 6.10 Å². The van der Waals surface area contributed by atoms with Gasteiger partial charge in [0.2, 0.25) is 0 Å². The Kier molecular flexibility index (Phi) is 31.1. The second-order valence-corrected chi connectivity index (χ2v) is 12.1. The number of hydrogen-bond donors (Lipinski definition) is 1. The van der Waals surface area contributed by atoms with Crippen LogP contribution in [0.3, 0.4) is 0 Å². The Morgan fingerprint density at radius 3 is 1.43 bits per heavy atom. The van der Waals surface area contributed by atoms with Crippen molar-refractivity contribution in [3.05, 3.63) is 12.2 Å². The molecule has 0 aliphatic heterocycles. The van der Waals surface area contributed by atoms with Crippen LogP contribution in [-0.2, 0) is 14.3 Å². The van der Waals surface area contributed by atoms with Gasteiger partial charge in [0, 0.05) is 12.8 Å². The summed E-state index contributed by atoms with van der Waals surface area (Å²) in [6, 6.07) is 0. The summed E-state index contributed by atoms with van der Waals surface area (Å²) in [5, 5.41) is 8.64. The molecule has 0 radical (unpaired) electrons. The minimum absolute atomic E-state index is 0.0213. The van der Waals surface area contributed by atoms with Crippen LogP contribution in [0.5, 0.6) is 0 Å². The van der Waals surface area contributed by atoms with Crippen molar-refractivity contribution >= 4 is 11.9 Å². The van der Waals surface area contributed by atoms with Crippen molar-refractivity contribution < 1.29 is 19.4 Å². The molecule has 236 valence electrons. The Labute approximate surface area is 249 Å². The molecule has 0 aliphatic carbocycles. The first kappa shape index (κ1) is 38.7. The average molecular weight is 565 g/mol. The lowest BCUT2D eigenvalue weighted by Crippen LogP contribution is -2.18. The van der Waals surface area contributed by atoms with Gasteiger partial charge in [-0.05, 0) is 51.4 Å². The van der Waals surface area contributed by atoms with Crippen LogP contribution >= 0.6 is 0 Å². The molecule has 0 fully saturated rings. The van der Waals surface area contributed by atoms with E-state index in [9.17, 15) is 9.59 Å². The molecule has 0 aromatic rings. The fraction of sp³-hybridized carbons (Fsp3) is 0.889. The molecule has 1 N–H and O–H groups in total. The van der Waals surface area contributed by atoms with E-state index >= 15 is 0 Å². The molecule has 0 bridgehead atoms. The highest BCUT2D eigenvalue weighted by atomic mass is 16.5. The topological polar surface area (TPSA) is 63.6 Å². The highest BCUT2D eigenvalue weighted by molar-refractivity contribution is 5.69. The normalized spacial score (nSPS) is 12.2. The summed E-state index contributed by atoms with van der Waals surface area (Å²) in [5.41, 5.74) is 0. The quantitative estimate of drug-likeness (QED) is 0.0501. The lowest BCUT2D eigenvalue weighted by molar-refractivity contribution is -0.150. The largest absolute Gasteiger partial charge is 0.481 e. The van der Waals surface area contributed by atoms with E-state index in [-0.39, 0.29) is 12.1 Å². The number of rotatable bonds is 32. The van der Waals surface area contributed by atoms with Crippen LogP contribution in [0.15, 0.2) is 12.2 Å². The number of esters is 1. The zero-order valence-electron chi connectivity index (χ0n) is 26.9. The second-order valence-electron chi connectivity index (χ2n) is 12.1. The molecular formula is C36H68O4. The standard InChI is InChI=1S/C36H68O4/c1-3-5-6-7-8-9-15-20-23-26-29-33-36(39)40-34(30-4-2)31-27-24-21-18-16-13-11-10-12-14-17-19-22-25-28-32-35(37)38/h7-8,34H,3-6,9-33H2,1-2H3,(H,37,38)/b8-7-. The molecule has 0 spiro atoms. The Morgan fingerprint density at radius 2 is 0.950 bits per heavy atom. The fourth-order valence-corrected chi connectivity index (χ4v) is 5.39. The molecular weight excluding hydrogens is 496 g/mol. The third-order valence-electron chi connectivity index (χ3n) is 7.97. The summed E-state index contributed by atoms with van der Waals surface area (Å²) in [7, 11) is 0. The molecule has 0 aliphatic rings. The molecule has 1 unspecified atom stereocenters. The van der Waals surface area contributed by atoms with E-state index in [1.54, 1.807) is 0 Å². The van der Waals surface area contributed by atoms with Crippen molar-refractivity contribution in [2.45, 2.75) is 206 Å². The predicted molar refractivity (Wildman–Crippen MR) is 172 cm³/mol. The summed E-state index contributed by atoms with van der Waals surface area (Å²) in [4.78, 5) is 22.8. The zero-order valence-corrected chi connectivity index (χ0v) is 26.9. The average Bonchev–Trinajstić information content (AvgIpc) is 2.93. The fourth-order valence-electron chi connectivity index (χ4n) is 5.39. The maximum atomic E-state index is 12.3. The van der Waals surface area contributed by atoms with E-state index in [1.807, 2.05) is 0 Å². The summed E-state index contributed by atoms with van der Waals surface area (Å²) in [5.74, 6) is -0.643. The zero-order chi connectivity index (χ0) is 29.4. The van der Waals surface area contributed by atoms with E-state index in [2.05, 4.69) is 26.0 Å². The van der Waals surface area contributed by atoms with E-state index in [4.69, 9.17) is 9.84 Å². The third kappa shape index (κ3) is 31.2. The van der Waals surface area contributed by atoms with Gasteiger partial charge in [-0.25, -0.2) is 0 Å².